The molecule has 1 N–H and O–H groups in total. The average Bonchev–Trinajstić information content (AvgIpc) is 3.17. The molecule has 0 saturated heterocycles. The van der Waals surface area contributed by atoms with Crippen LogP contribution in [-0.4, -0.2) is 15.5 Å². The topological polar surface area (TPSA) is 46.9 Å². The van der Waals surface area contributed by atoms with Gasteiger partial charge < -0.3 is 5.32 Å². The molecule has 4 nitrogen and oxygen atoms in total. The van der Waals surface area contributed by atoms with E-state index in [2.05, 4.69) is 10.3 Å². The van der Waals surface area contributed by atoms with Gasteiger partial charge in [-0.2, -0.15) is 13.2 Å². The van der Waals surface area contributed by atoms with E-state index in [0.29, 0.717) is 28.8 Å². The van der Waals surface area contributed by atoms with Crippen molar-refractivity contribution in [3.63, 3.8) is 0 Å². The second-order valence-electron chi connectivity index (χ2n) is 6.82. The summed E-state index contributed by atoms with van der Waals surface area (Å²) < 4.78 is 42.4. The number of nitrogens with one attached hydrogen (secondary N) is 1. The number of halogens is 3. The summed E-state index contributed by atoms with van der Waals surface area (Å²) in [4.78, 5) is 16.0. The van der Waals surface area contributed by atoms with Gasteiger partial charge in [-0.3, -0.25) is 9.36 Å². The third kappa shape index (κ3) is 3.78. The average molecular weight is 409 g/mol. The highest BCUT2D eigenvalue weighted by molar-refractivity contribution is 5.96. The third-order valence-electron chi connectivity index (χ3n) is 4.78. The molecule has 0 spiro atoms. The highest BCUT2D eigenvalue weighted by Crippen LogP contribution is 2.38. The monoisotopic (exact) mass is 409 g/mol. The van der Waals surface area contributed by atoms with Crippen LogP contribution in [0, 0.1) is 0 Å². The molecule has 7 heteroatoms. The van der Waals surface area contributed by atoms with E-state index in [-0.39, 0.29) is 11.4 Å². The lowest BCUT2D eigenvalue weighted by Crippen LogP contribution is -2.09. The Hall–Kier alpha value is -3.61. The number of hydrogen-bond acceptors (Lipinski definition) is 2. The smallest absolute Gasteiger partial charge is 0.326 e. The van der Waals surface area contributed by atoms with Gasteiger partial charge in [0, 0.05) is 23.4 Å². The zero-order chi connectivity index (χ0) is 21.3. The number of anilines is 1. The number of benzene rings is 3. The van der Waals surface area contributed by atoms with Crippen molar-refractivity contribution >= 4 is 22.6 Å². The van der Waals surface area contributed by atoms with Crippen LogP contribution in [0.3, 0.4) is 0 Å². The molecular formula is C23H18F3N3O. The number of aromatic nitrogens is 2. The molecule has 0 unspecified atom stereocenters. The fourth-order valence-corrected chi connectivity index (χ4v) is 3.33. The summed E-state index contributed by atoms with van der Waals surface area (Å²) in [5.41, 5.74) is 2.28. The lowest BCUT2D eigenvalue weighted by atomic mass is 10.00. The molecular weight excluding hydrogens is 391 g/mol. The van der Waals surface area contributed by atoms with Crippen LogP contribution in [-0.2, 0) is 11.0 Å². The van der Waals surface area contributed by atoms with Crippen LogP contribution in [0.15, 0.2) is 73.1 Å². The fourth-order valence-electron chi connectivity index (χ4n) is 3.33. The van der Waals surface area contributed by atoms with Crippen molar-refractivity contribution in [2.24, 2.45) is 0 Å². The Morgan fingerprint density at radius 1 is 1.03 bits per heavy atom. The van der Waals surface area contributed by atoms with E-state index in [4.69, 9.17) is 0 Å². The first-order valence-corrected chi connectivity index (χ1v) is 9.41. The van der Waals surface area contributed by atoms with E-state index >= 15 is 0 Å². The van der Waals surface area contributed by atoms with E-state index < -0.39 is 11.7 Å². The molecule has 4 rings (SSSR count). The molecule has 1 heterocycles. The number of rotatable bonds is 4. The molecule has 152 valence electrons. The van der Waals surface area contributed by atoms with Gasteiger partial charge in [-0.05, 0) is 42.0 Å². The second kappa shape index (κ2) is 7.67. The third-order valence-corrected chi connectivity index (χ3v) is 4.78. The minimum Gasteiger partial charge on any atom is -0.326 e. The Bertz CT molecular complexity index is 1210. The van der Waals surface area contributed by atoms with Gasteiger partial charge in [0.25, 0.3) is 0 Å². The number of carbonyl (C=O) groups is 1. The molecule has 0 atom stereocenters. The zero-order valence-electron chi connectivity index (χ0n) is 16.1. The summed E-state index contributed by atoms with van der Waals surface area (Å²) in [6.07, 6.45) is -2.68. The van der Waals surface area contributed by atoms with Crippen molar-refractivity contribution in [1.82, 2.24) is 9.55 Å². The molecule has 0 saturated carbocycles. The van der Waals surface area contributed by atoms with E-state index in [0.717, 1.165) is 17.8 Å². The lowest BCUT2D eigenvalue weighted by molar-refractivity contribution is -0.137. The molecule has 0 aliphatic carbocycles. The standard InChI is InChI=1S/C23H18F3N3O/c1-2-21(30)28-17-8-6-7-15(11-17)19-12-16(23(24,25)26)13-20-22(19)29(14-27-20)18-9-4-3-5-10-18/h3-14H,2H2,1H3,(H,28,30). The van der Waals surface area contributed by atoms with Crippen molar-refractivity contribution in [1.29, 1.82) is 0 Å². The van der Waals surface area contributed by atoms with E-state index in [1.54, 1.807) is 35.8 Å². The molecule has 0 aliphatic heterocycles. The molecule has 0 radical (unpaired) electrons. The van der Waals surface area contributed by atoms with Gasteiger partial charge in [-0.15, -0.1) is 0 Å². The predicted molar refractivity (Wildman–Crippen MR) is 110 cm³/mol. The van der Waals surface area contributed by atoms with Crippen LogP contribution in [0.5, 0.6) is 0 Å². The maximum atomic E-state index is 13.5. The van der Waals surface area contributed by atoms with Gasteiger partial charge >= 0.3 is 6.18 Å². The molecule has 0 aliphatic rings. The maximum absolute atomic E-state index is 13.5. The van der Waals surface area contributed by atoms with Gasteiger partial charge in [-0.25, -0.2) is 4.98 Å². The Labute approximate surface area is 171 Å². The highest BCUT2D eigenvalue weighted by atomic mass is 19.4. The number of para-hydroxylation sites is 1. The number of alkyl halides is 3. The molecule has 0 bridgehead atoms. The molecule has 1 aromatic heterocycles. The van der Waals surface area contributed by atoms with Crippen LogP contribution < -0.4 is 5.32 Å². The van der Waals surface area contributed by atoms with Gasteiger partial charge in [0.05, 0.1) is 16.6 Å². The van der Waals surface area contributed by atoms with Crippen LogP contribution in [0.4, 0.5) is 18.9 Å². The van der Waals surface area contributed by atoms with E-state index in [9.17, 15) is 18.0 Å². The van der Waals surface area contributed by atoms with Crippen LogP contribution in [0.25, 0.3) is 27.8 Å². The van der Waals surface area contributed by atoms with Crippen molar-refractivity contribution in [3.8, 4) is 16.8 Å². The first-order chi connectivity index (χ1) is 14.4. The van der Waals surface area contributed by atoms with Crippen LogP contribution in [0.2, 0.25) is 0 Å². The second-order valence-corrected chi connectivity index (χ2v) is 6.82. The molecule has 0 fully saturated rings. The van der Waals surface area contributed by atoms with Crippen molar-refractivity contribution < 1.29 is 18.0 Å². The Kier molecular flexibility index (Phi) is 5.03. The predicted octanol–water partition coefficient (Wildman–Crippen LogP) is 6.06. The number of carbonyl (C=O) groups excluding carboxylic acids is 1. The number of fused-ring (bicyclic) bond motifs is 1. The SMILES string of the molecule is CCC(=O)Nc1cccc(-c2cc(C(F)(F)F)cc3ncn(-c4ccccc4)c23)c1. The summed E-state index contributed by atoms with van der Waals surface area (Å²) in [5.74, 6) is -0.171. The quantitative estimate of drug-likeness (QED) is 0.445. The van der Waals surface area contributed by atoms with Crippen molar-refractivity contribution in [3.05, 3.63) is 78.6 Å². The van der Waals surface area contributed by atoms with Crippen LogP contribution >= 0.6 is 0 Å². The number of imidazole rings is 1. The highest BCUT2D eigenvalue weighted by Gasteiger charge is 2.32. The van der Waals surface area contributed by atoms with Gasteiger partial charge in [0.15, 0.2) is 0 Å². The molecule has 3 aromatic carbocycles. The minimum absolute atomic E-state index is 0.171. The first-order valence-electron chi connectivity index (χ1n) is 9.41. The Morgan fingerprint density at radius 2 is 1.80 bits per heavy atom. The van der Waals surface area contributed by atoms with E-state index in [1.165, 1.54) is 6.33 Å². The summed E-state index contributed by atoms with van der Waals surface area (Å²) >= 11 is 0. The van der Waals surface area contributed by atoms with Crippen molar-refractivity contribution in [2.45, 2.75) is 19.5 Å². The van der Waals surface area contributed by atoms with Crippen molar-refractivity contribution in [2.75, 3.05) is 5.32 Å². The number of amides is 1. The summed E-state index contributed by atoms with van der Waals surface area (Å²) in [6, 6.07) is 18.3. The zero-order valence-corrected chi connectivity index (χ0v) is 16.1. The van der Waals surface area contributed by atoms with E-state index in [1.807, 2.05) is 30.3 Å². The molecule has 4 aromatic rings. The van der Waals surface area contributed by atoms with Gasteiger partial charge in [0.1, 0.15) is 6.33 Å². The lowest BCUT2D eigenvalue weighted by Gasteiger charge is -2.14. The maximum Gasteiger partial charge on any atom is 0.416 e. The Morgan fingerprint density at radius 3 is 2.50 bits per heavy atom. The summed E-state index contributed by atoms with van der Waals surface area (Å²) in [6.45, 7) is 1.73. The first kappa shape index (κ1) is 19.7. The normalized spacial score (nSPS) is 11.6. The van der Waals surface area contributed by atoms with Crippen LogP contribution in [0.1, 0.15) is 18.9 Å². The van der Waals surface area contributed by atoms with Gasteiger partial charge in [0.2, 0.25) is 5.91 Å². The molecule has 1 amide bonds. The largest absolute Gasteiger partial charge is 0.416 e. The number of hydrogen-bond donors (Lipinski definition) is 1. The fraction of sp³-hybridized carbons (Fsp3) is 0.130. The minimum atomic E-state index is -4.51. The number of nitrogens with zero attached hydrogens (tertiary/aromatic N) is 2. The summed E-state index contributed by atoms with van der Waals surface area (Å²) in [5, 5.41) is 2.75. The van der Waals surface area contributed by atoms with Gasteiger partial charge in [-0.1, -0.05) is 37.3 Å². The summed E-state index contributed by atoms with van der Waals surface area (Å²) in [7, 11) is 0. The Balaban J connectivity index is 1.96. The molecule has 30 heavy (non-hydrogen) atoms.